The molecule has 7 heteroatoms. The SMILES string of the molecule is Cc1ccccc1CCN1CCC(c2cc(F)cc3c2CN(C2CCC(=O)NC2=O)C3=O)CC1. The Kier molecular flexibility index (Phi) is 6.21. The maximum absolute atomic E-state index is 14.6. The Morgan fingerprint density at radius 3 is 2.56 bits per heavy atom. The van der Waals surface area contributed by atoms with Crippen molar-refractivity contribution < 1.29 is 18.8 Å². The highest BCUT2D eigenvalue weighted by atomic mass is 19.1. The number of amides is 3. The minimum Gasteiger partial charge on any atom is -0.322 e. The third-order valence-corrected chi connectivity index (χ3v) is 7.64. The molecule has 2 fully saturated rings. The summed E-state index contributed by atoms with van der Waals surface area (Å²) in [5.74, 6) is -1.29. The van der Waals surface area contributed by atoms with Crippen LogP contribution in [0, 0.1) is 12.7 Å². The number of fused-ring (bicyclic) bond motifs is 1. The Bertz CT molecular complexity index is 1140. The fourth-order valence-corrected chi connectivity index (χ4v) is 5.65. The Balaban J connectivity index is 1.27. The molecule has 178 valence electrons. The molecule has 34 heavy (non-hydrogen) atoms. The largest absolute Gasteiger partial charge is 0.322 e. The number of benzene rings is 2. The van der Waals surface area contributed by atoms with Crippen LogP contribution in [0.5, 0.6) is 0 Å². The second-order valence-electron chi connectivity index (χ2n) is 9.71. The smallest absolute Gasteiger partial charge is 0.255 e. The van der Waals surface area contributed by atoms with Gasteiger partial charge in [0, 0.05) is 25.1 Å². The molecule has 0 bridgehead atoms. The summed E-state index contributed by atoms with van der Waals surface area (Å²) in [6.07, 6.45) is 3.36. The van der Waals surface area contributed by atoms with Crippen LogP contribution >= 0.6 is 0 Å². The number of hydrogen-bond donors (Lipinski definition) is 1. The molecular formula is C27H30FN3O3. The number of halogens is 1. The number of nitrogens with zero attached hydrogens (tertiary/aromatic N) is 2. The maximum atomic E-state index is 14.6. The summed E-state index contributed by atoms with van der Waals surface area (Å²) in [5.41, 5.74) is 4.80. The summed E-state index contributed by atoms with van der Waals surface area (Å²) in [5, 5.41) is 2.32. The van der Waals surface area contributed by atoms with Gasteiger partial charge in [0.2, 0.25) is 11.8 Å². The first-order valence-corrected chi connectivity index (χ1v) is 12.1. The lowest BCUT2D eigenvalue weighted by atomic mass is 9.85. The van der Waals surface area contributed by atoms with Gasteiger partial charge in [-0.05, 0) is 86.0 Å². The second kappa shape index (κ2) is 9.29. The van der Waals surface area contributed by atoms with E-state index in [2.05, 4.69) is 41.4 Å². The molecule has 0 saturated carbocycles. The van der Waals surface area contributed by atoms with E-state index in [1.54, 1.807) is 6.07 Å². The van der Waals surface area contributed by atoms with E-state index in [0.29, 0.717) is 18.5 Å². The average molecular weight is 464 g/mol. The molecular weight excluding hydrogens is 433 g/mol. The number of nitrogens with one attached hydrogen (secondary N) is 1. The molecule has 0 radical (unpaired) electrons. The molecule has 1 unspecified atom stereocenters. The van der Waals surface area contributed by atoms with Gasteiger partial charge in [0.25, 0.3) is 5.91 Å². The zero-order valence-electron chi connectivity index (χ0n) is 19.5. The van der Waals surface area contributed by atoms with Crippen molar-refractivity contribution in [3.8, 4) is 0 Å². The van der Waals surface area contributed by atoms with Crippen molar-refractivity contribution in [3.05, 3.63) is 70.0 Å². The van der Waals surface area contributed by atoms with E-state index in [4.69, 9.17) is 0 Å². The first-order valence-electron chi connectivity index (χ1n) is 12.1. The van der Waals surface area contributed by atoms with Gasteiger partial charge in [-0.15, -0.1) is 0 Å². The second-order valence-corrected chi connectivity index (χ2v) is 9.71. The fraction of sp³-hybridized carbons (Fsp3) is 0.444. The van der Waals surface area contributed by atoms with Crippen molar-refractivity contribution in [1.82, 2.24) is 15.1 Å². The Morgan fingerprint density at radius 1 is 1.06 bits per heavy atom. The van der Waals surface area contributed by atoms with Crippen molar-refractivity contribution in [1.29, 1.82) is 0 Å². The monoisotopic (exact) mass is 463 g/mol. The van der Waals surface area contributed by atoms with Crippen LogP contribution in [0.4, 0.5) is 4.39 Å². The quantitative estimate of drug-likeness (QED) is 0.691. The molecule has 2 aromatic carbocycles. The van der Waals surface area contributed by atoms with E-state index >= 15 is 0 Å². The summed E-state index contributed by atoms with van der Waals surface area (Å²) in [7, 11) is 0. The average Bonchev–Trinajstić information content (AvgIpc) is 3.14. The van der Waals surface area contributed by atoms with E-state index in [0.717, 1.165) is 50.0 Å². The van der Waals surface area contributed by atoms with Gasteiger partial charge in [-0.2, -0.15) is 0 Å². The van der Waals surface area contributed by atoms with Gasteiger partial charge < -0.3 is 9.80 Å². The Labute approximate surface area is 199 Å². The molecule has 2 saturated heterocycles. The zero-order chi connectivity index (χ0) is 23.8. The van der Waals surface area contributed by atoms with Crippen LogP contribution in [0.3, 0.4) is 0 Å². The normalized spacial score (nSPS) is 21.6. The maximum Gasteiger partial charge on any atom is 0.255 e. The van der Waals surface area contributed by atoms with Crippen molar-refractivity contribution in [2.45, 2.75) is 57.5 Å². The molecule has 3 heterocycles. The fourth-order valence-electron chi connectivity index (χ4n) is 5.65. The lowest BCUT2D eigenvalue weighted by Gasteiger charge is -2.33. The van der Waals surface area contributed by atoms with Gasteiger partial charge in [-0.1, -0.05) is 24.3 Å². The van der Waals surface area contributed by atoms with E-state index in [1.165, 1.54) is 22.1 Å². The lowest BCUT2D eigenvalue weighted by Crippen LogP contribution is -2.52. The summed E-state index contributed by atoms with van der Waals surface area (Å²) in [6, 6.07) is 10.7. The lowest BCUT2D eigenvalue weighted by molar-refractivity contribution is -0.136. The summed E-state index contributed by atoms with van der Waals surface area (Å²) < 4.78 is 14.6. The van der Waals surface area contributed by atoms with E-state index in [1.807, 2.05) is 0 Å². The number of imide groups is 1. The van der Waals surface area contributed by atoms with Gasteiger partial charge in [0.15, 0.2) is 0 Å². The van der Waals surface area contributed by atoms with E-state index < -0.39 is 17.8 Å². The Hall–Kier alpha value is -3.06. The zero-order valence-corrected chi connectivity index (χ0v) is 19.5. The van der Waals surface area contributed by atoms with Gasteiger partial charge >= 0.3 is 0 Å². The van der Waals surface area contributed by atoms with Crippen molar-refractivity contribution in [2.24, 2.45) is 0 Å². The van der Waals surface area contributed by atoms with Crippen molar-refractivity contribution in [3.63, 3.8) is 0 Å². The topological polar surface area (TPSA) is 69.7 Å². The molecule has 1 N–H and O–H groups in total. The molecule has 1 atom stereocenters. The predicted molar refractivity (Wildman–Crippen MR) is 126 cm³/mol. The summed E-state index contributed by atoms with van der Waals surface area (Å²) >= 11 is 0. The molecule has 3 amide bonds. The van der Waals surface area contributed by atoms with E-state index in [9.17, 15) is 18.8 Å². The minimum atomic E-state index is -0.684. The van der Waals surface area contributed by atoms with Gasteiger partial charge in [-0.3, -0.25) is 19.7 Å². The third-order valence-electron chi connectivity index (χ3n) is 7.64. The van der Waals surface area contributed by atoms with Gasteiger partial charge in [-0.25, -0.2) is 4.39 Å². The molecule has 6 nitrogen and oxygen atoms in total. The van der Waals surface area contributed by atoms with Gasteiger partial charge in [0.1, 0.15) is 11.9 Å². The molecule has 3 aliphatic heterocycles. The number of hydrogen-bond acceptors (Lipinski definition) is 4. The number of aryl methyl sites for hydroxylation is 1. The molecule has 0 aromatic heterocycles. The molecule has 5 rings (SSSR count). The summed E-state index contributed by atoms with van der Waals surface area (Å²) in [4.78, 5) is 40.9. The molecule has 0 aliphatic carbocycles. The number of likely N-dealkylation sites (tertiary alicyclic amines) is 1. The highest BCUT2D eigenvalue weighted by Crippen LogP contribution is 2.37. The number of carbonyl (C=O) groups excluding carboxylic acids is 3. The van der Waals surface area contributed by atoms with Crippen LogP contribution in [-0.2, 0) is 22.6 Å². The molecule has 3 aliphatic rings. The number of piperidine rings is 2. The van der Waals surface area contributed by atoms with Crippen LogP contribution in [0.2, 0.25) is 0 Å². The van der Waals surface area contributed by atoms with Crippen LogP contribution in [0.1, 0.15) is 64.2 Å². The van der Waals surface area contributed by atoms with E-state index in [-0.39, 0.29) is 24.2 Å². The first-order chi connectivity index (χ1) is 16.4. The molecule has 2 aromatic rings. The van der Waals surface area contributed by atoms with Crippen LogP contribution in [-0.4, -0.2) is 53.2 Å². The molecule has 0 spiro atoms. The number of carbonyl (C=O) groups is 3. The van der Waals surface area contributed by atoms with Gasteiger partial charge in [0.05, 0.1) is 0 Å². The standard InChI is InChI=1S/C27H30FN3O3/c1-17-4-2-3-5-18(17)8-11-30-12-9-19(10-13-30)21-14-20(28)15-22-23(21)16-31(27(22)34)24-6-7-25(32)29-26(24)33/h2-5,14-15,19,24H,6-13,16H2,1H3,(H,29,32,33). The van der Waals surface area contributed by atoms with Crippen LogP contribution < -0.4 is 5.32 Å². The predicted octanol–water partition coefficient (Wildman–Crippen LogP) is 3.32. The van der Waals surface area contributed by atoms with Crippen molar-refractivity contribution >= 4 is 17.7 Å². The third kappa shape index (κ3) is 4.37. The van der Waals surface area contributed by atoms with Crippen LogP contribution in [0.25, 0.3) is 0 Å². The Morgan fingerprint density at radius 2 is 1.82 bits per heavy atom. The number of rotatable bonds is 5. The highest BCUT2D eigenvalue weighted by Gasteiger charge is 2.41. The highest BCUT2D eigenvalue weighted by molar-refractivity contribution is 6.05. The summed E-state index contributed by atoms with van der Waals surface area (Å²) in [6.45, 7) is 5.31. The first kappa shape index (κ1) is 22.7. The van der Waals surface area contributed by atoms with Crippen LogP contribution in [0.15, 0.2) is 36.4 Å². The van der Waals surface area contributed by atoms with Crippen molar-refractivity contribution in [2.75, 3.05) is 19.6 Å². The minimum absolute atomic E-state index is 0.189.